The van der Waals surface area contributed by atoms with E-state index in [9.17, 15) is 4.79 Å². The van der Waals surface area contributed by atoms with E-state index in [1.54, 1.807) is 11.3 Å². The highest BCUT2D eigenvalue weighted by molar-refractivity contribution is 7.11. The number of nitrogens with zero attached hydrogens (tertiary/aromatic N) is 1. The topological polar surface area (TPSA) is 42.0 Å². The number of aryl methyl sites for hydroxylation is 1. The zero-order valence-corrected chi connectivity index (χ0v) is 12.1. The molecule has 0 fully saturated rings. The van der Waals surface area contributed by atoms with E-state index in [1.807, 2.05) is 13.1 Å². The molecule has 100 valence electrons. The van der Waals surface area contributed by atoms with Crippen LogP contribution >= 0.6 is 11.3 Å². The Morgan fingerprint density at radius 2 is 2.05 bits per heavy atom. The summed E-state index contributed by atoms with van der Waals surface area (Å²) in [5.41, 5.74) is 2.56. The number of aromatic nitrogens is 1. The van der Waals surface area contributed by atoms with Crippen molar-refractivity contribution in [3.63, 3.8) is 0 Å². The average molecular weight is 274 g/mol. The van der Waals surface area contributed by atoms with Gasteiger partial charge < -0.3 is 5.32 Å². The molecule has 0 aliphatic carbocycles. The number of thiazole rings is 1. The molecule has 1 amide bonds. The second-order valence-corrected chi connectivity index (χ2v) is 5.71. The SMILES string of the molecule is CCC(=O)NCc1ncc(Cc2ccc(C)cc2)s1. The van der Waals surface area contributed by atoms with Gasteiger partial charge in [-0.15, -0.1) is 11.3 Å². The molecule has 0 saturated heterocycles. The van der Waals surface area contributed by atoms with Crippen LogP contribution in [0.5, 0.6) is 0 Å². The summed E-state index contributed by atoms with van der Waals surface area (Å²) in [5.74, 6) is 0.0651. The quantitative estimate of drug-likeness (QED) is 0.910. The minimum atomic E-state index is 0.0651. The zero-order valence-electron chi connectivity index (χ0n) is 11.3. The van der Waals surface area contributed by atoms with Crippen LogP contribution in [-0.2, 0) is 17.8 Å². The van der Waals surface area contributed by atoms with Gasteiger partial charge in [0.2, 0.25) is 5.91 Å². The fraction of sp³-hybridized carbons (Fsp3) is 0.333. The van der Waals surface area contributed by atoms with Crippen LogP contribution in [0.2, 0.25) is 0 Å². The Bertz CT molecular complexity index is 546. The van der Waals surface area contributed by atoms with Crippen molar-refractivity contribution < 1.29 is 4.79 Å². The van der Waals surface area contributed by atoms with Crippen molar-refractivity contribution in [1.82, 2.24) is 10.3 Å². The van der Waals surface area contributed by atoms with Gasteiger partial charge in [-0.3, -0.25) is 4.79 Å². The molecule has 0 spiro atoms. The van der Waals surface area contributed by atoms with Gasteiger partial charge in [-0.25, -0.2) is 4.98 Å². The van der Waals surface area contributed by atoms with Crippen LogP contribution in [0.15, 0.2) is 30.5 Å². The minimum absolute atomic E-state index is 0.0651. The first kappa shape index (κ1) is 13.7. The van der Waals surface area contributed by atoms with Gasteiger partial charge in [-0.1, -0.05) is 36.8 Å². The minimum Gasteiger partial charge on any atom is -0.350 e. The molecule has 3 nitrogen and oxygen atoms in total. The summed E-state index contributed by atoms with van der Waals surface area (Å²) < 4.78 is 0. The lowest BCUT2D eigenvalue weighted by atomic mass is 10.1. The zero-order chi connectivity index (χ0) is 13.7. The van der Waals surface area contributed by atoms with Crippen molar-refractivity contribution in [2.45, 2.75) is 33.2 Å². The van der Waals surface area contributed by atoms with Crippen LogP contribution in [-0.4, -0.2) is 10.9 Å². The lowest BCUT2D eigenvalue weighted by Crippen LogP contribution is -2.21. The number of hydrogen-bond donors (Lipinski definition) is 1. The summed E-state index contributed by atoms with van der Waals surface area (Å²) in [6.07, 6.45) is 3.32. The highest BCUT2D eigenvalue weighted by atomic mass is 32.1. The standard InChI is InChI=1S/C15H18N2OS/c1-3-14(18)16-10-15-17-9-13(19-15)8-12-6-4-11(2)5-7-12/h4-7,9H,3,8,10H2,1-2H3,(H,16,18). The first-order chi connectivity index (χ1) is 9.17. The van der Waals surface area contributed by atoms with E-state index in [-0.39, 0.29) is 5.91 Å². The largest absolute Gasteiger partial charge is 0.350 e. The molecule has 1 heterocycles. The molecular weight excluding hydrogens is 256 g/mol. The van der Waals surface area contributed by atoms with Gasteiger partial charge in [-0.2, -0.15) is 0 Å². The summed E-state index contributed by atoms with van der Waals surface area (Å²) in [7, 11) is 0. The highest BCUT2D eigenvalue weighted by Crippen LogP contribution is 2.17. The first-order valence-electron chi connectivity index (χ1n) is 6.43. The predicted molar refractivity (Wildman–Crippen MR) is 78.2 cm³/mol. The molecular formula is C15H18N2OS. The maximum Gasteiger partial charge on any atom is 0.220 e. The Morgan fingerprint density at radius 1 is 1.32 bits per heavy atom. The van der Waals surface area contributed by atoms with E-state index in [1.165, 1.54) is 16.0 Å². The number of carbonyl (C=O) groups excluding carboxylic acids is 1. The molecule has 2 rings (SSSR count). The molecule has 0 aliphatic heterocycles. The van der Waals surface area contributed by atoms with Gasteiger partial charge >= 0.3 is 0 Å². The van der Waals surface area contributed by atoms with Crippen molar-refractivity contribution in [2.75, 3.05) is 0 Å². The van der Waals surface area contributed by atoms with Crippen molar-refractivity contribution in [3.8, 4) is 0 Å². The molecule has 1 aromatic heterocycles. The Hall–Kier alpha value is -1.68. The lowest BCUT2D eigenvalue weighted by molar-refractivity contribution is -0.120. The fourth-order valence-corrected chi connectivity index (χ4v) is 2.61. The van der Waals surface area contributed by atoms with Gasteiger partial charge in [0, 0.05) is 23.9 Å². The van der Waals surface area contributed by atoms with Gasteiger partial charge in [0.05, 0.1) is 6.54 Å². The maximum absolute atomic E-state index is 11.2. The average Bonchev–Trinajstić information content (AvgIpc) is 2.86. The molecule has 1 aromatic carbocycles. The number of rotatable bonds is 5. The molecule has 0 radical (unpaired) electrons. The summed E-state index contributed by atoms with van der Waals surface area (Å²) in [6.45, 7) is 4.47. The highest BCUT2D eigenvalue weighted by Gasteiger charge is 2.04. The van der Waals surface area contributed by atoms with E-state index in [0.29, 0.717) is 13.0 Å². The van der Waals surface area contributed by atoms with Crippen LogP contribution in [0.4, 0.5) is 0 Å². The molecule has 1 N–H and O–H groups in total. The van der Waals surface area contributed by atoms with E-state index in [4.69, 9.17) is 0 Å². The lowest BCUT2D eigenvalue weighted by Gasteiger charge is -2.00. The predicted octanol–water partition coefficient (Wildman–Crippen LogP) is 3.07. The van der Waals surface area contributed by atoms with Gasteiger partial charge in [-0.05, 0) is 12.5 Å². The molecule has 0 unspecified atom stereocenters. The van der Waals surface area contributed by atoms with Crippen LogP contribution in [0.1, 0.15) is 34.4 Å². The summed E-state index contributed by atoms with van der Waals surface area (Å²) in [6, 6.07) is 8.54. The third-order valence-electron chi connectivity index (χ3n) is 2.86. The Balaban J connectivity index is 1.93. The second kappa shape index (κ2) is 6.48. The van der Waals surface area contributed by atoms with Gasteiger partial charge in [0.15, 0.2) is 0 Å². The smallest absolute Gasteiger partial charge is 0.220 e. The number of nitrogens with one attached hydrogen (secondary N) is 1. The normalized spacial score (nSPS) is 10.4. The second-order valence-electron chi connectivity index (χ2n) is 4.51. The van der Waals surface area contributed by atoms with E-state index in [0.717, 1.165) is 11.4 Å². The summed E-state index contributed by atoms with van der Waals surface area (Å²) in [5, 5.41) is 3.80. The number of hydrogen-bond acceptors (Lipinski definition) is 3. The summed E-state index contributed by atoms with van der Waals surface area (Å²) in [4.78, 5) is 16.7. The van der Waals surface area contributed by atoms with Gasteiger partial charge in [0.25, 0.3) is 0 Å². The van der Waals surface area contributed by atoms with Crippen LogP contribution in [0, 0.1) is 6.92 Å². The molecule has 0 aliphatic rings. The summed E-state index contributed by atoms with van der Waals surface area (Å²) >= 11 is 1.66. The molecule has 19 heavy (non-hydrogen) atoms. The molecule has 2 aromatic rings. The Labute approximate surface area is 117 Å². The van der Waals surface area contributed by atoms with Crippen LogP contribution in [0.25, 0.3) is 0 Å². The third kappa shape index (κ3) is 4.17. The van der Waals surface area contributed by atoms with Crippen molar-refractivity contribution in [3.05, 3.63) is 51.5 Å². The van der Waals surface area contributed by atoms with Gasteiger partial charge in [0.1, 0.15) is 5.01 Å². The van der Waals surface area contributed by atoms with Crippen molar-refractivity contribution >= 4 is 17.2 Å². The Morgan fingerprint density at radius 3 is 2.74 bits per heavy atom. The maximum atomic E-state index is 11.2. The first-order valence-corrected chi connectivity index (χ1v) is 7.25. The van der Waals surface area contributed by atoms with Crippen molar-refractivity contribution in [1.29, 1.82) is 0 Å². The number of amides is 1. The fourth-order valence-electron chi connectivity index (χ4n) is 1.72. The van der Waals surface area contributed by atoms with E-state index in [2.05, 4.69) is 41.5 Å². The molecule has 4 heteroatoms. The van der Waals surface area contributed by atoms with E-state index < -0.39 is 0 Å². The monoisotopic (exact) mass is 274 g/mol. The Kier molecular flexibility index (Phi) is 4.68. The molecule has 0 atom stereocenters. The van der Waals surface area contributed by atoms with E-state index >= 15 is 0 Å². The molecule has 0 saturated carbocycles. The van der Waals surface area contributed by atoms with Crippen LogP contribution in [0.3, 0.4) is 0 Å². The number of carbonyl (C=O) groups is 1. The van der Waals surface area contributed by atoms with Crippen LogP contribution < -0.4 is 5.32 Å². The number of benzene rings is 1. The van der Waals surface area contributed by atoms with Crippen molar-refractivity contribution in [2.24, 2.45) is 0 Å². The molecule has 0 bridgehead atoms. The third-order valence-corrected chi connectivity index (χ3v) is 3.86.